The molecule has 0 aromatic carbocycles. The van der Waals surface area contributed by atoms with Crippen molar-refractivity contribution in [3.8, 4) is 0 Å². The van der Waals surface area contributed by atoms with E-state index in [9.17, 15) is 0 Å². The maximum atomic E-state index is 5.54. The molecule has 0 aliphatic rings. The molecule has 0 aliphatic carbocycles. The van der Waals surface area contributed by atoms with Crippen LogP contribution in [0.25, 0.3) is 0 Å². The molecule has 1 heterocycles. The van der Waals surface area contributed by atoms with Gasteiger partial charge in [0, 0.05) is 25.0 Å². The zero-order chi connectivity index (χ0) is 11.1. The summed E-state index contributed by atoms with van der Waals surface area (Å²) < 4.78 is 0. The lowest BCUT2D eigenvalue weighted by Crippen LogP contribution is -2.13. The summed E-state index contributed by atoms with van der Waals surface area (Å²) in [6, 6.07) is 4.00. The lowest BCUT2D eigenvalue weighted by atomic mass is 10.0. The van der Waals surface area contributed by atoms with Crippen LogP contribution in [-0.4, -0.2) is 11.5 Å². The van der Waals surface area contributed by atoms with E-state index in [1.807, 2.05) is 12.1 Å². The van der Waals surface area contributed by atoms with Crippen LogP contribution in [0.2, 0.25) is 0 Å². The Morgan fingerprint density at radius 3 is 2.73 bits per heavy atom. The van der Waals surface area contributed by atoms with Crippen LogP contribution < -0.4 is 11.1 Å². The summed E-state index contributed by atoms with van der Waals surface area (Å²) in [5, 5.41) is 3.43. The van der Waals surface area contributed by atoms with Gasteiger partial charge in [0.25, 0.3) is 0 Å². The zero-order valence-electron chi connectivity index (χ0n) is 9.66. The van der Waals surface area contributed by atoms with Gasteiger partial charge in [-0.1, -0.05) is 26.7 Å². The van der Waals surface area contributed by atoms with Crippen molar-refractivity contribution in [1.29, 1.82) is 0 Å². The summed E-state index contributed by atoms with van der Waals surface area (Å²) in [4.78, 5) is 4.16. The molecular formula is C12H21N3. The summed E-state index contributed by atoms with van der Waals surface area (Å²) in [7, 11) is 0. The number of rotatable bonds is 6. The highest BCUT2D eigenvalue weighted by Gasteiger charge is 2.02. The van der Waals surface area contributed by atoms with Gasteiger partial charge in [-0.25, -0.2) is 0 Å². The van der Waals surface area contributed by atoms with Crippen molar-refractivity contribution in [3.05, 3.63) is 24.0 Å². The summed E-state index contributed by atoms with van der Waals surface area (Å²) in [6.45, 7) is 5.99. The minimum atomic E-state index is 0.501. The van der Waals surface area contributed by atoms with Crippen molar-refractivity contribution in [2.24, 2.45) is 11.7 Å². The van der Waals surface area contributed by atoms with E-state index in [-0.39, 0.29) is 0 Å². The first-order chi connectivity index (χ1) is 7.30. The Morgan fingerprint density at radius 2 is 2.13 bits per heavy atom. The van der Waals surface area contributed by atoms with Crippen molar-refractivity contribution in [3.63, 3.8) is 0 Å². The molecule has 1 rings (SSSR count). The van der Waals surface area contributed by atoms with E-state index < -0.39 is 0 Å². The maximum Gasteiger partial charge on any atom is 0.0559 e. The van der Waals surface area contributed by atoms with E-state index in [0.717, 1.165) is 23.8 Å². The van der Waals surface area contributed by atoms with Crippen LogP contribution in [0.3, 0.4) is 0 Å². The Morgan fingerprint density at radius 1 is 1.40 bits per heavy atom. The average molecular weight is 207 g/mol. The molecule has 0 radical (unpaired) electrons. The van der Waals surface area contributed by atoms with Gasteiger partial charge >= 0.3 is 0 Å². The monoisotopic (exact) mass is 207 g/mol. The molecule has 0 aliphatic heterocycles. The van der Waals surface area contributed by atoms with Crippen LogP contribution in [0.15, 0.2) is 18.3 Å². The maximum absolute atomic E-state index is 5.54. The molecule has 3 nitrogen and oxygen atoms in total. The summed E-state index contributed by atoms with van der Waals surface area (Å²) in [5.74, 6) is 0.750. The van der Waals surface area contributed by atoms with E-state index >= 15 is 0 Å². The number of anilines is 1. The van der Waals surface area contributed by atoms with Crippen molar-refractivity contribution >= 4 is 5.69 Å². The third kappa shape index (κ3) is 3.88. The minimum absolute atomic E-state index is 0.501. The number of nitrogens with one attached hydrogen (secondary N) is 1. The van der Waals surface area contributed by atoms with Crippen LogP contribution in [-0.2, 0) is 6.54 Å². The second kappa shape index (κ2) is 6.40. The normalized spacial score (nSPS) is 10.7. The Balaban J connectivity index is 2.49. The number of hydrogen-bond acceptors (Lipinski definition) is 3. The molecule has 1 aromatic rings. The van der Waals surface area contributed by atoms with E-state index in [4.69, 9.17) is 5.73 Å². The molecule has 15 heavy (non-hydrogen) atoms. The highest BCUT2D eigenvalue weighted by atomic mass is 14.9. The van der Waals surface area contributed by atoms with Gasteiger partial charge in [0.1, 0.15) is 0 Å². The molecule has 84 valence electrons. The second-order valence-electron chi connectivity index (χ2n) is 3.80. The highest BCUT2D eigenvalue weighted by Crippen LogP contribution is 2.11. The molecule has 0 amide bonds. The minimum Gasteiger partial charge on any atom is -0.385 e. The van der Waals surface area contributed by atoms with E-state index in [1.165, 1.54) is 12.8 Å². The van der Waals surface area contributed by atoms with Gasteiger partial charge in [0.2, 0.25) is 0 Å². The summed E-state index contributed by atoms with van der Waals surface area (Å²) in [6.07, 6.45) is 4.24. The van der Waals surface area contributed by atoms with Crippen LogP contribution in [0, 0.1) is 5.92 Å². The molecule has 0 saturated carbocycles. The Kier molecular flexibility index (Phi) is 5.12. The van der Waals surface area contributed by atoms with E-state index in [0.29, 0.717) is 6.54 Å². The van der Waals surface area contributed by atoms with Crippen molar-refractivity contribution in [1.82, 2.24) is 4.98 Å². The van der Waals surface area contributed by atoms with Gasteiger partial charge in [-0.3, -0.25) is 4.98 Å². The van der Waals surface area contributed by atoms with Crippen molar-refractivity contribution in [2.45, 2.75) is 33.2 Å². The smallest absolute Gasteiger partial charge is 0.0559 e. The molecule has 1 aromatic heterocycles. The van der Waals surface area contributed by atoms with Crippen molar-refractivity contribution in [2.75, 3.05) is 11.9 Å². The zero-order valence-corrected chi connectivity index (χ0v) is 9.66. The number of nitrogens with two attached hydrogens (primary N) is 1. The Hall–Kier alpha value is -1.09. The van der Waals surface area contributed by atoms with Gasteiger partial charge in [-0.2, -0.15) is 0 Å². The summed E-state index contributed by atoms with van der Waals surface area (Å²) >= 11 is 0. The first-order valence-corrected chi connectivity index (χ1v) is 5.69. The molecule has 0 unspecified atom stereocenters. The molecule has 0 fully saturated rings. The van der Waals surface area contributed by atoms with Crippen LogP contribution in [0.5, 0.6) is 0 Å². The lowest BCUT2D eigenvalue weighted by Gasteiger charge is -2.14. The SMILES string of the molecule is CCC(CC)CNc1ccnc(CN)c1. The lowest BCUT2D eigenvalue weighted by molar-refractivity contribution is 0.519. The molecule has 0 atom stereocenters. The molecule has 3 heteroatoms. The standard InChI is InChI=1S/C12H21N3/c1-3-10(4-2)9-15-11-5-6-14-12(7-11)8-13/h5-7,10H,3-4,8-9,13H2,1-2H3,(H,14,15). The predicted molar refractivity (Wildman–Crippen MR) is 64.7 cm³/mol. The Bertz CT molecular complexity index is 282. The molecular weight excluding hydrogens is 186 g/mol. The molecule has 3 N–H and O–H groups in total. The number of hydrogen-bond donors (Lipinski definition) is 2. The van der Waals surface area contributed by atoms with E-state index in [2.05, 4.69) is 24.1 Å². The van der Waals surface area contributed by atoms with Crippen LogP contribution in [0.4, 0.5) is 5.69 Å². The fourth-order valence-electron chi connectivity index (χ4n) is 1.54. The number of aromatic nitrogens is 1. The fraction of sp³-hybridized carbons (Fsp3) is 0.583. The predicted octanol–water partition coefficient (Wildman–Crippen LogP) is 2.39. The first-order valence-electron chi connectivity index (χ1n) is 5.69. The van der Waals surface area contributed by atoms with Crippen LogP contribution in [0.1, 0.15) is 32.4 Å². The second-order valence-corrected chi connectivity index (χ2v) is 3.80. The quantitative estimate of drug-likeness (QED) is 0.753. The number of pyridine rings is 1. The van der Waals surface area contributed by atoms with Gasteiger partial charge < -0.3 is 11.1 Å². The van der Waals surface area contributed by atoms with E-state index in [1.54, 1.807) is 6.20 Å². The molecule has 0 saturated heterocycles. The largest absolute Gasteiger partial charge is 0.385 e. The molecule has 0 bridgehead atoms. The molecule has 0 spiro atoms. The van der Waals surface area contributed by atoms with Gasteiger partial charge in [-0.05, 0) is 18.1 Å². The topological polar surface area (TPSA) is 50.9 Å². The van der Waals surface area contributed by atoms with Crippen LogP contribution >= 0.6 is 0 Å². The van der Waals surface area contributed by atoms with Gasteiger partial charge in [0.05, 0.1) is 5.69 Å². The Labute approximate surface area is 92.1 Å². The highest BCUT2D eigenvalue weighted by molar-refractivity contribution is 5.43. The third-order valence-corrected chi connectivity index (χ3v) is 2.78. The van der Waals surface area contributed by atoms with Gasteiger partial charge in [0.15, 0.2) is 0 Å². The average Bonchev–Trinajstić information content (AvgIpc) is 2.31. The summed E-state index contributed by atoms with van der Waals surface area (Å²) in [5.41, 5.74) is 7.59. The third-order valence-electron chi connectivity index (χ3n) is 2.78. The fourth-order valence-corrected chi connectivity index (χ4v) is 1.54. The van der Waals surface area contributed by atoms with Crippen molar-refractivity contribution < 1.29 is 0 Å². The first kappa shape index (κ1) is 12.0. The van der Waals surface area contributed by atoms with Gasteiger partial charge in [-0.15, -0.1) is 0 Å². The number of nitrogens with zero attached hydrogens (tertiary/aromatic N) is 1.